The zero-order valence-electron chi connectivity index (χ0n) is 10.8. The molecule has 3 rings (SSSR count). The Morgan fingerprint density at radius 1 is 1.33 bits per heavy atom. The molecule has 0 spiro atoms. The Morgan fingerprint density at radius 3 is 3.11 bits per heavy atom. The Morgan fingerprint density at radius 2 is 2.28 bits per heavy atom. The number of piperazine rings is 1. The molecule has 2 nitrogen and oxygen atoms in total. The first-order chi connectivity index (χ1) is 8.81. The van der Waals surface area contributed by atoms with Crippen molar-refractivity contribution in [3.05, 3.63) is 35.7 Å². The molecule has 0 amide bonds. The van der Waals surface area contributed by atoms with E-state index in [0.29, 0.717) is 12.5 Å². The smallest absolute Gasteiger partial charge is 0.0988 e. The van der Waals surface area contributed by atoms with Gasteiger partial charge in [-0.3, -0.25) is 9.80 Å². The molecule has 3 heteroatoms. The zero-order valence-corrected chi connectivity index (χ0v) is 10.8. The molecule has 2 heterocycles. The standard InChI is InChI=1S/C15H21FN2/c16-14-6-7-18-9-8-17(12-15(18)10-14)11-13-4-2-1-3-5-13/h1-2,4,6,15H,3,5,7-12H2. The predicted molar refractivity (Wildman–Crippen MR) is 72.1 cm³/mol. The Bertz CT molecular complexity index is 397. The molecule has 0 aromatic carbocycles. The fourth-order valence-electron chi connectivity index (χ4n) is 3.13. The number of fused-ring (bicyclic) bond motifs is 1. The van der Waals surface area contributed by atoms with Crippen molar-refractivity contribution >= 4 is 0 Å². The molecule has 0 bridgehead atoms. The first-order valence-corrected chi connectivity index (χ1v) is 6.97. The minimum Gasteiger partial charge on any atom is -0.297 e. The second kappa shape index (κ2) is 5.37. The SMILES string of the molecule is FC1=CCN2CCN(CC3=CC=CCC3)CC2C1. The summed E-state index contributed by atoms with van der Waals surface area (Å²) in [5.74, 6) is 0.0814. The topological polar surface area (TPSA) is 6.48 Å². The van der Waals surface area contributed by atoms with E-state index < -0.39 is 0 Å². The first-order valence-electron chi connectivity index (χ1n) is 6.97. The third-order valence-corrected chi connectivity index (χ3v) is 4.19. The molecule has 0 N–H and O–H groups in total. The highest BCUT2D eigenvalue weighted by Crippen LogP contribution is 2.23. The summed E-state index contributed by atoms with van der Waals surface area (Å²) < 4.78 is 13.3. The normalized spacial score (nSPS) is 29.7. The average Bonchev–Trinajstić information content (AvgIpc) is 2.39. The fourth-order valence-corrected chi connectivity index (χ4v) is 3.13. The molecule has 0 radical (unpaired) electrons. The molecule has 1 unspecified atom stereocenters. The van der Waals surface area contributed by atoms with Crippen molar-refractivity contribution in [3.63, 3.8) is 0 Å². The number of rotatable bonds is 2. The van der Waals surface area contributed by atoms with E-state index in [9.17, 15) is 4.39 Å². The van der Waals surface area contributed by atoms with Gasteiger partial charge < -0.3 is 0 Å². The van der Waals surface area contributed by atoms with Crippen LogP contribution in [-0.2, 0) is 0 Å². The minimum atomic E-state index is 0.0814. The quantitative estimate of drug-likeness (QED) is 0.741. The van der Waals surface area contributed by atoms with Gasteiger partial charge in [-0.2, -0.15) is 0 Å². The van der Waals surface area contributed by atoms with Gasteiger partial charge in [-0.05, 0) is 18.9 Å². The van der Waals surface area contributed by atoms with Crippen molar-refractivity contribution in [1.29, 1.82) is 0 Å². The zero-order chi connectivity index (χ0) is 12.4. The second-order valence-corrected chi connectivity index (χ2v) is 5.53. The van der Waals surface area contributed by atoms with Crippen LogP contribution >= 0.6 is 0 Å². The molecular weight excluding hydrogens is 227 g/mol. The van der Waals surface area contributed by atoms with Crippen LogP contribution in [0.25, 0.3) is 0 Å². The maximum absolute atomic E-state index is 13.3. The summed E-state index contributed by atoms with van der Waals surface area (Å²) in [5, 5.41) is 0. The van der Waals surface area contributed by atoms with Crippen molar-refractivity contribution < 1.29 is 4.39 Å². The van der Waals surface area contributed by atoms with Crippen LogP contribution in [0.1, 0.15) is 19.3 Å². The van der Waals surface area contributed by atoms with Gasteiger partial charge in [-0.1, -0.05) is 23.8 Å². The van der Waals surface area contributed by atoms with Crippen molar-refractivity contribution in [3.8, 4) is 0 Å². The lowest BCUT2D eigenvalue weighted by Crippen LogP contribution is -2.54. The number of halogens is 1. The molecule has 0 saturated carbocycles. The Hall–Kier alpha value is -0.930. The van der Waals surface area contributed by atoms with Gasteiger partial charge >= 0.3 is 0 Å². The van der Waals surface area contributed by atoms with Crippen molar-refractivity contribution in [2.45, 2.75) is 25.3 Å². The number of nitrogens with zero attached hydrogens (tertiary/aromatic N) is 2. The van der Waals surface area contributed by atoms with Crippen LogP contribution in [-0.4, -0.2) is 48.6 Å². The lowest BCUT2D eigenvalue weighted by molar-refractivity contribution is 0.0786. The third kappa shape index (κ3) is 2.73. The van der Waals surface area contributed by atoms with Crippen LogP contribution < -0.4 is 0 Å². The molecule has 0 aromatic heterocycles. The number of hydrogen-bond acceptors (Lipinski definition) is 2. The van der Waals surface area contributed by atoms with Crippen molar-refractivity contribution in [2.24, 2.45) is 0 Å². The molecule has 1 saturated heterocycles. The van der Waals surface area contributed by atoms with E-state index in [0.717, 1.165) is 32.7 Å². The average molecular weight is 248 g/mol. The Labute approximate surface area is 108 Å². The summed E-state index contributed by atoms with van der Waals surface area (Å²) in [6, 6.07) is 0.392. The summed E-state index contributed by atoms with van der Waals surface area (Å²) in [6.45, 7) is 5.09. The van der Waals surface area contributed by atoms with Crippen LogP contribution in [0.5, 0.6) is 0 Å². The van der Waals surface area contributed by atoms with Gasteiger partial charge in [0.25, 0.3) is 0 Å². The summed E-state index contributed by atoms with van der Waals surface area (Å²) in [7, 11) is 0. The maximum atomic E-state index is 13.3. The minimum absolute atomic E-state index is 0.0814. The highest BCUT2D eigenvalue weighted by Gasteiger charge is 2.29. The maximum Gasteiger partial charge on any atom is 0.0988 e. The van der Waals surface area contributed by atoms with Crippen molar-refractivity contribution in [1.82, 2.24) is 9.80 Å². The predicted octanol–water partition coefficient (Wildman–Crippen LogP) is 2.51. The first kappa shape index (κ1) is 12.1. The number of hydrogen-bond donors (Lipinski definition) is 0. The highest BCUT2D eigenvalue weighted by molar-refractivity contribution is 5.19. The van der Waals surface area contributed by atoms with Gasteiger partial charge in [0, 0.05) is 45.2 Å². The summed E-state index contributed by atoms with van der Waals surface area (Å²) >= 11 is 0. The molecular formula is C15H21FN2. The molecule has 1 fully saturated rings. The largest absolute Gasteiger partial charge is 0.297 e. The monoisotopic (exact) mass is 248 g/mol. The number of allylic oxidation sites excluding steroid dienone is 3. The summed E-state index contributed by atoms with van der Waals surface area (Å²) in [6.07, 6.45) is 11.3. The Kier molecular flexibility index (Phi) is 3.62. The highest BCUT2D eigenvalue weighted by atomic mass is 19.1. The van der Waals surface area contributed by atoms with E-state index in [2.05, 4.69) is 28.0 Å². The fraction of sp³-hybridized carbons (Fsp3) is 0.600. The molecule has 0 aromatic rings. The van der Waals surface area contributed by atoms with E-state index in [1.165, 1.54) is 18.4 Å². The lowest BCUT2D eigenvalue weighted by Gasteiger charge is -2.43. The van der Waals surface area contributed by atoms with Crippen LogP contribution in [0.15, 0.2) is 35.7 Å². The van der Waals surface area contributed by atoms with Gasteiger partial charge in [-0.15, -0.1) is 0 Å². The molecule has 2 aliphatic heterocycles. The molecule has 18 heavy (non-hydrogen) atoms. The molecule has 98 valence electrons. The van der Waals surface area contributed by atoms with Gasteiger partial charge in [0.15, 0.2) is 0 Å². The van der Waals surface area contributed by atoms with Gasteiger partial charge in [0.2, 0.25) is 0 Å². The van der Waals surface area contributed by atoms with Crippen LogP contribution in [0.3, 0.4) is 0 Å². The van der Waals surface area contributed by atoms with E-state index >= 15 is 0 Å². The van der Waals surface area contributed by atoms with E-state index in [1.54, 1.807) is 6.08 Å². The van der Waals surface area contributed by atoms with Crippen LogP contribution in [0.2, 0.25) is 0 Å². The third-order valence-electron chi connectivity index (χ3n) is 4.19. The summed E-state index contributed by atoms with van der Waals surface area (Å²) in [4.78, 5) is 4.90. The van der Waals surface area contributed by atoms with E-state index in [1.807, 2.05) is 0 Å². The van der Waals surface area contributed by atoms with Crippen LogP contribution in [0, 0.1) is 0 Å². The van der Waals surface area contributed by atoms with Gasteiger partial charge in [0.1, 0.15) is 0 Å². The molecule has 1 aliphatic carbocycles. The molecule has 3 aliphatic rings. The van der Waals surface area contributed by atoms with Gasteiger partial charge in [-0.25, -0.2) is 4.39 Å². The van der Waals surface area contributed by atoms with Crippen molar-refractivity contribution in [2.75, 3.05) is 32.7 Å². The second-order valence-electron chi connectivity index (χ2n) is 5.53. The molecule has 1 atom stereocenters. The van der Waals surface area contributed by atoms with Gasteiger partial charge in [0.05, 0.1) is 5.83 Å². The van der Waals surface area contributed by atoms with Crippen LogP contribution in [0.4, 0.5) is 4.39 Å². The van der Waals surface area contributed by atoms with E-state index in [4.69, 9.17) is 0 Å². The Balaban J connectivity index is 1.58. The van der Waals surface area contributed by atoms with E-state index in [-0.39, 0.29) is 5.83 Å². The summed E-state index contributed by atoms with van der Waals surface area (Å²) in [5.41, 5.74) is 1.53. The lowest BCUT2D eigenvalue weighted by atomic mass is 10.0.